The Morgan fingerprint density at radius 1 is 1.11 bits per heavy atom. The first-order valence-corrected chi connectivity index (χ1v) is 12.7. The predicted molar refractivity (Wildman–Crippen MR) is 136 cm³/mol. The van der Waals surface area contributed by atoms with Gasteiger partial charge in [0.2, 0.25) is 0 Å². The lowest BCUT2D eigenvalue weighted by Gasteiger charge is -2.40. The Balaban J connectivity index is 1.32. The van der Waals surface area contributed by atoms with Gasteiger partial charge in [-0.2, -0.15) is 5.26 Å². The Morgan fingerprint density at radius 3 is 2.71 bits per heavy atom. The molecule has 2 N–H and O–H groups in total. The predicted octanol–water partition coefficient (Wildman–Crippen LogP) is 5.12. The van der Waals surface area contributed by atoms with Crippen molar-refractivity contribution < 1.29 is 9.59 Å². The fourth-order valence-electron chi connectivity index (χ4n) is 5.77. The first-order valence-electron chi connectivity index (χ1n) is 12.7. The summed E-state index contributed by atoms with van der Waals surface area (Å²) < 4.78 is 0. The highest BCUT2D eigenvalue weighted by atomic mass is 16.2. The lowest BCUT2D eigenvalue weighted by molar-refractivity contribution is 0.0841. The highest BCUT2D eigenvalue weighted by Crippen LogP contribution is 2.33. The third-order valence-electron chi connectivity index (χ3n) is 7.81. The van der Waals surface area contributed by atoms with E-state index >= 15 is 0 Å². The van der Waals surface area contributed by atoms with Gasteiger partial charge in [-0.3, -0.25) is 14.5 Å². The molecule has 0 saturated heterocycles. The summed E-state index contributed by atoms with van der Waals surface area (Å²) in [6.45, 7) is 4.30. The van der Waals surface area contributed by atoms with Gasteiger partial charge in [0.05, 0.1) is 17.3 Å². The Labute approximate surface area is 206 Å². The van der Waals surface area contributed by atoms with Crippen LogP contribution in [0.25, 0.3) is 10.9 Å². The number of aromatic nitrogens is 1. The van der Waals surface area contributed by atoms with E-state index in [1.54, 1.807) is 6.07 Å². The molecule has 2 heterocycles. The Kier molecular flexibility index (Phi) is 6.44. The summed E-state index contributed by atoms with van der Waals surface area (Å²) in [5, 5.41) is 13.5. The second-order valence-corrected chi connectivity index (χ2v) is 10.2. The number of fused-ring (bicyclic) bond motifs is 2. The SMILES string of the molecule is CC(=O)c1cc2c(C(=O)NC3(CCN4CCc5ccc(C#N)cc5C4)CCCCC3)cccc2[nH]1. The summed E-state index contributed by atoms with van der Waals surface area (Å²) in [6, 6.07) is 15.7. The van der Waals surface area contributed by atoms with Gasteiger partial charge < -0.3 is 10.3 Å². The number of hydrogen-bond donors (Lipinski definition) is 2. The van der Waals surface area contributed by atoms with E-state index in [-0.39, 0.29) is 17.2 Å². The van der Waals surface area contributed by atoms with Gasteiger partial charge in [-0.1, -0.05) is 31.4 Å². The number of nitrogens with one attached hydrogen (secondary N) is 2. The van der Waals surface area contributed by atoms with Crippen LogP contribution in [0.1, 0.15) is 83.0 Å². The van der Waals surface area contributed by atoms with Gasteiger partial charge in [-0.15, -0.1) is 0 Å². The van der Waals surface area contributed by atoms with Crippen molar-refractivity contribution in [2.24, 2.45) is 0 Å². The number of rotatable bonds is 6. The van der Waals surface area contributed by atoms with Crippen LogP contribution in [-0.4, -0.2) is 40.2 Å². The van der Waals surface area contributed by atoms with Crippen LogP contribution in [0.5, 0.6) is 0 Å². The van der Waals surface area contributed by atoms with Crippen LogP contribution >= 0.6 is 0 Å². The molecular formula is C29H32N4O2. The monoisotopic (exact) mass is 468 g/mol. The van der Waals surface area contributed by atoms with Crippen LogP contribution in [-0.2, 0) is 13.0 Å². The number of benzene rings is 2. The van der Waals surface area contributed by atoms with Crippen molar-refractivity contribution in [1.29, 1.82) is 5.26 Å². The smallest absolute Gasteiger partial charge is 0.252 e. The van der Waals surface area contributed by atoms with E-state index in [0.717, 1.165) is 69.1 Å². The number of H-pyrrole nitrogens is 1. The Bertz CT molecular complexity index is 1310. The summed E-state index contributed by atoms with van der Waals surface area (Å²) in [5.41, 5.74) is 5.04. The molecule has 0 atom stereocenters. The maximum atomic E-state index is 13.5. The van der Waals surface area contributed by atoms with Crippen molar-refractivity contribution in [2.45, 2.75) is 64.0 Å². The van der Waals surface area contributed by atoms with Crippen molar-refractivity contribution >= 4 is 22.6 Å². The molecule has 1 amide bonds. The molecule has 35 heavy (non-hydrogen) atoms. The highest BCUT2D eigenvalue weighted by Gasteiger charge is 2.35. The zero-order chi connectivity index (χ0) is 24.4. The zero-order valence-corrected chi connectivity index (χ0v) is 20.3. The average molecular weight is 469 g/mol. The lowest BCUT2D eigenvalue weighted by Crippen LogP contribution is -2.51. The van der Waals surface area contributed by atoms with E-state index in [1.807, 2.05) is 30.3 Å². The standard InChI is InChI=1S/C29H32N4O2/c1-20(34)27-17-25-24(6-5-7-26(25)31-27)28(35)32-29(11-3-2-4-12-29)13-15-33-14-10-22-9-8-21(18-30)16-23(22)19-33/h5-9,16-17,31H,2-4,10-15,19H2,1H3,(H,32,35). The van der Waals surface area contributed by atoms with Crippen molar-refractivity contribution in [3.8, 4) is 6.07 Å². The number of carbonyl (C=O) groups excluding carboxylic acids is 2. The molecule has 1 saturated carbocycles. The van der Waals surface area contributed by atoms with Gasteiger partial charge in [0.1, 0.15) is 0 Å². The molecule has 0 radical (unpaired) electrons. The summed E-state index contributed by atoms with van der Waals surface area (Å²) >= 11 is 0. The third kappa shape index (κ3) is 4.87. The molecule has 2 aromatic carbocycles. The number of hydrogen-bond acceptors (Lipinski definition) is 4. The highest BCUT2D eigenvalue weighted by molar-refractivity contribution is 6.09. The largest absolute Gasteiger partial charge is 0.352 e. The van der Waals surface area contributed by atoms with Crippen molar-refractivity contribution in [1.82, 2.24) is 15.2 Å². The van der Waals surface area contributed by atoms with E-state index in [4.69, 9.17) is 0 Å². The van der Waals surface area contributed by atoms with Crippen molar-refractivity contribution in [3.05, 3.63) is 70.4 Å². The van der Waals surface area contributed by atoms with E-state index < -0.39 is 0 Å². The van der Waals surface area contributed by atoms with Gasteiger partial charge >= 0.3 is 0 Å². The first-order chi connectivity index (χ1) is 17.0. The van der Waals surface area contributed by atoms with Gasteiger partial charge in [0.15, 0.2) is 5.78 Å². The van der Waals surface area contributed by atoms with Crippen LogP contribution in [0.3, 0.4) is 0 Å². The summed E-state index contributed by atoms with van der Waals surface area (Å²) in [4.78, 5) is 31.0. The number of nitrogens with zero attached hydrogens (tertiary/aromatic N) is 2. The van der Waals surface area contributed by atoms with Crippen molar-refractivity contribution in [2.75, 3.05) is 13.1 Å². The molecule has 1 aromatic heterocycles. The number of amides is 1. The van der Waals surface area contributed by atoms with Crippen LogP contribution in [0.2, 0.25) is 0 Å². The number of aromatic amines is 1. The molecule has 180 valence electrons. The van der Waals surface area contributed by atoms with Gasteiger partial charge in [-0.25, -0.2) is 0 Å². The van der Waals surface area contributed by atoms with Gasteiger partial charge in [0.25, 0.3) is 5.91 Å². The zero-order valence-electron chi connectivity index (χ0n) is 20.3. The Morgan fingerprint density at radius 2 is 1.94 bits per heavy atom. The molecule has 2 aliphatic rings. The number of carbonyl (C=O) groups is 2. The average Bonchev–Trinajstić information content (AvgIpc) is 3.32. The molecular weight excluding hydrogens is 436 g/mol. The number of ketones is 1. The molecule has 6 heteroatoms. The molecule has 1 aliphatic carbocycles. The third-order valence-corrected chi connectivity index (χ3v) is 7.81. The molecule has 0 bridgehead atoms. The summed E-state index contributed by atoms with van der Waals surface area (Å²) in [7, 11) is 0. The van der Waals surface area contributed by atoms with Crippen LogP contribution in [0, 0.1) is 11.3 Å². The molecule has 5 rings (SSSR count). The fourth-order valence-corrected chi connectivity index (χ4v) is 5.77. The molecule has 0 unspecified atom stereocenters. The van der Waals surface area contributed by atoms with E-state index in [0.29, 0.717) is 16.8 Å². The van der Waals surface area contributed by atoms with Crippen LogP contribution in [0.15, 0.2) is 42.5 Å². The van der Waals surface area contributed by atoms with Crippen LogP contribution in [0.4, 0.5) is 0 Å². The second kappa shape index (κ2) is 9.67. The Hall–Kier alpha value is -3.43. The topological polar surface area (TPSA) is 89.0 Å². The molecule has 0 spiro atoms. The summed E-state index contributed by atoms with van der Waals surface area (Å²) in [5.74, 6) is -0.101. The van der Waals surface area contributed by atoms with Gasteiger partial charge in [-0.05, 0) is 67.1 Å². The fraction of sp³-hybridized carbons (Fsp3) is 0.414. The maximum absolute atomic E-state index is 13.5. The first kappa shape index (κ1) is 23.3. The van der Waals surface area contributed by atoms with E-state index in [1.165, 1.54) is 24.5 Å². The molecule has 1 fully saturated rings. The minimum Gasteiger partial charge on any atom is -0.352 e. The maximum Gasteiger partial charge on any atom is 0.252 e. The minimum absolute atomic E-state index is 0.0405. The van der Waals surface area contributed by atoms with Crippen molar-refractivity contribution in [3.63, 3.8) is 0 Å². The summed E-state index contributed by atoms with van der Waals surface area (Å²) in [6.07, 6.45) is 7.34. The molecule has 6 nitrogen and oxygen atoms in total. The molecule has 3 aromatic rings. The number of nitriles is 1. The number of Topliss-reactive ketones (excluding diaryl/α,β-unsaturated/α-hetero) is 1. The van der Waals surface area contributed by atoms with Crippen LogP contribution < -0.4 is 5.32 Å². The normalized spacial score (nSPS) is 17.5. The second-order valence-electron chi connectivity index (χ2n) is 10.2. The van der Waals surface area contributed by atoms with E-state index in [2.05, 4.69) is 27.3 Å². The lowest BCUT2D eigenvalue weighted by atomic mass is 9.78. The van der Waals surface area contributed by atoms with Gasteiger partial charge in [0, 0.05) is 48.6 Å². The quantitative estimate of drug-likeness (QED) is 0.491. The molecule has 1 aliphatic heterocycles. The minimum atomic E-state index is -0.216. The van der Waals surface area contributed by atoms with E-state index in [9.17, 15) is 14.9 Å².